The van der Waals surface area contributed by atoms with Crippen LogP contribution in [0.5, 0.6) is 0 Å². The van der Waals surface area contributed by atoms with Crippen molar-refractivity contribution in [3.63, 3.8) is 0 Å². The summed E-state index contributed by atoms with van der Waals surface area (Å²) in [4.78, 5) is 26.2. The number of ether oxygens (including phenoxy) is 1. The van der Waals surface area contributed by atoms with Crippen LogP contribution in [-0.4, -0.2) is 38.1 Å². The number of likely N-dealkylation sites (tertiary alicyclic amines) is 1. The number of nitrogens with one attached hydrogen (secondary N) is 2. The molecule has 7 heteroatoms. The second kappa shape index (κ2) is 8.66. The van der Waals surface area contributed by atoms with Gasteiger partial charge in [-0.1, -0.05) is 29.8 Å². The zero-order valence-corrected chi connectivity index (χ0v) is 16.2. The van der Waals surface area contributed by atoms with Crippen LogP contribution in [0.4, 0.5) is 5.00 Å². The predicted octanol–water partition coefficient (Wildman–Crippen LogP) is 2.86. The molecule has 0 saturated carbocycles. The monoisotopic (exact) mass is 393 g/mol. The van der Waals surface area contributed by atoms with Crippen molar-refractivity contribution in [2.24, 2.45) is 0 Å². The highest BCUT2D eigenvalue weighted by Crippen LogP contribution is 2.39. The molecule has 1 aliphatic rings. The maximum atomic E-state index is 12.5. The largest absolute Gasteiger partial charge is 0.462 e. The lowest BCUT2D eigenvalue weighted by atomic mass is 10.0. The van der Waals surface area contributed by atoms with Gasteiger partial charge in [-0.3, -0.25) is 4.79 Å². The second-order valence-electron chi connectivity index (χ2n) is 6.24. The number of carbonyl (C=O) groups is 2. The zero-order valence-electron chi connectivity index (χ0n) is 14.6. The number of halogens is 1. The van der Waals surface area contributed by atoms with E-state index >= 15 is 0 Å². The third kappa shape index (κ3) is 4.26. The quantitative estimate of drug-likeness (QED) is 0.742. The molecule has 1 aromatic carbocycles. The molecule has 0 spiro atoms. The number of anilines is 1. The molecule has 2 heterocycles. The minimum absolute atomic E-state index is 0.0833. The molecule has 1 aromatic heterocycles. The van der Waals surface area contributed by atoms with Crippen molar-refractivity contribution in [1.82, 2.24) is 0 Å². The van der Waals surface area contributed by atoms with Crippen molar-refractivity contribution < 1.29 is 19.2 Å². The molecule has 138 valence electrons. The molecule has 2 N–H and O–H groups in total. The summed E-state index contributed by atoms with van der Waals surface area (Å²) in [5, 5.41) is 5.81. The number of thiophene rings is 1. The smallest absolute Gasteiger partial charge is 0.341 e. The summed E-state index contributed by atoms with van der Waals surface area (Å²) >= 11 is 7.62. The van der Waals surface area contributed by atoms with Crippen molar-refractivity contribution in [3.8, 4) is 11.1 Å². The number of benzene rings is 1. The first-order valence-electron chi connectivity index (χ1n) is 8.77. The molecule has 1 saturated heterocycles. The fourth-order valence-electron chi connectivity index (χ4n) is 3.18. The molecule has 0 aliphatic carbocycles. The first kappa shape index (κ1) is 18.9. The molecule has 1 amide bonds. The highest BCUT2D eigenvalue weighted by Gasteiger charge is 2.25. The molecule has 0 atom stereocenters. The minimum Gasteiger partial charge on any atom is -0.462 e. The van der Waals surface area contributed by atoms with E-state index in [2.05, 4.69) is 5.32 Å². The summed E-state index contributed by atoms with van der Waals surface area (Å²) in [5.74, 6) is -0.535. The normalized spacial score (nSPS) is 14.4. The fraction of sp³-hybridized carbons (Fsp3) is 0.368. The third-order valence-electron chi connectivity index (χ3n) is 4.41. The highest BCUT2D eigenvalue weighted by atomic mass is 35.5. The van der Waals surface area contributed by atoms with Gasteiger partial charge in [-0.2, -0.15) is 0 Å². The van der Waals surface area contributed by atoms with Crippen LogP contribution in [-0.2, 0) is 9.53 Å². The van der Waals surface area contributed by atoms with Crippen LogP contribution in [0.1, 0.15) is 30.1 Å². The molecule has 0 bridgehead atoms. The van der Waals surface area contributed by atoms with Gasteiger partial charge in [0.25, 0.3) is 5.91 Å². The standard InChI is InChI=1S/C19H21ClN2O3S/c1-2-25-19(24)17-14(13-7-3-4-8-15(13)20)12-26-18(17)21-16(23)11-22-9-5-6-10-22/h3-4,7-8,12H,2,5-6,9-11H2,1H3,(H,21,23)/p+1. The summed E-state index contributed by atoms with van der Waals surface area (Å²) < 4.78 is 5.21. The van der Waals surface area contributed by atoms with Gasteiger partial charge in [0.1, 0.15) is 10.6 Å². The predicted molar refractivity (Wildman–Crippen MR) is 104 cm³/mol. The summed E-state index contributed by atoms with van der Waals surface area (Å²) in [5.41, 5.74) is 1.80. The number of esters is 1. The molecule has 0 radical (unpaired) electrons. The van der Waals surface area contributed by atoms with Crippen LogP contribution in [0.25, 0.3) is 11.1 Å². The molecular formula is C19H22ClN2O3S+. The molecule has 3 rings (SSSR count). The Bertz CT molecular complexity index is 800. The van der Waals surface area contributed by atoms with Crippen LogP contribution in [0.15, 0.2) is 29.6 Å². The summed E-state index contributed by atoms with van der Waals surface area (Å²) in [6, 6.07) is 7.33. The Labute approximate surface area is 161 Å². The Hall–Kier alpha value is -1.89. The number of carbonyl (C=O) groups excluding carboxylic acids is 2. The van der Waals surface area contributed by atoms with E-state index in [1.54, 1.807) is 13.0 Å². The molecule has 1 fully saturated rings. The van der Waals surface area contributed by atoms with Crippen molar-refractivity contribution in [3.05, 3.63) is 40.2 Å². The van der Waals surface area contributed by atoms with Crippen LogP contribution < -0.4 is 10.2 Å². The van der Waals surface area contributed by atoms with Gasteiger partial charge in [0, 0.05) is 34.4 Å². The van der Waals surface area contributed by atoms with Crippen LogP contribution >= 0.6 is 22.9 Å². The first-order chi connectivity index (χ1) is 12.6. The minimum atomic E-state index is -0.451. The Morgan fingerprint density at radius 2 is 1.96 bits per heavy atom. The topological polar surface area (TPSA) is 59.8 Å². The van der Waals surface area contributed by atoms with E-state index in [4.69, 9.17) is 16.3 Å². The number of hydrogen-bond acceptors (Lipinski definition) is 4. The van der Waals surface area contributed by atoms with Crippen LogP contribution in [0.3, 0.4) is 0 Å². The SMILES string of the molecule is CCOC(=O)c1c(-c2ccccc2Cl)csc1NC(=O)C[NH+]1CCCC1. The maximum Gasteiger partial charge on any atom is 0.341 e. The summed E-state index contributed by atoms with van der Waals surface area (Å²) in [6.45, 7) is 4.49. The number of amides is 1. The van der Waals surface area contributed by atoms with E-state index in [1.165, 1.54) is 16.2 Å². The van der Waals surface area contributed by atoms with E-state index in [0.717, 1.165) is 31.5 Å². The Kier molecular flexibility index (Phi) is 6.29. The van der Waals surface area contributed by atoms with Gasteiger partial charge in [0.05, 0.1) is 19.7 Å². The van der Waals surface area contributed by atoms with Crippen molar-refractivity contribution >= 4 is 39.8 Å². The van der Waals surface area contributed by atoms with Gasteiger partial charge in [-0.05, 0) is 13.0 Å². The number of quaternary nitrogens is 1. The van der Waals surface area contributed by atoms with Crippen molar-refractivity contribution in [2.75, 3.05) is 31.6 Å². The zero-order chi connectivity index (χ0) is 18.5. The average molecular weight is 394 g/mol. The molecular weight excluding hydrogens is 372 g/mol. The lowest BCUT2D eigenvalue weighted by Gasteiger charge is -2.12. The first-order valence-corrected chi connectivity index (χ1v) is 10.0. The van der Waals surface area contributed by atoms with Gasteiger partial charge < -0.3 is 15.0 Å². The van der Waals surface area contributed by atoms with Crippen molar-refractivity contribution in [1.29, 1.82) is 0 Å². The number of hydrogen-bond donors (Lipinski definition) is 2. The van der Waals surface area contributed by atoms with Gasteiger partial charge in [0.2, 0.25) is 0 Å². The van der Waals surface area contributed by atoms with Crippen LogP contribution in [0, 0.1) is 0 Å². The summed E-state index contributed by atoms with van der Waals surface area (Å²) in [7, 11) is 0. The number of rotatable bonds is 6. The van der Waals surface area contributed by atoms with E-state index in [1.807, 2.05) is 23.6 Å². The van der Waals surface area contributed by atoms with E-state index < -0.39 is 5.97 Å². The van der Waals surface area contributed by atoms with Crippen molar-refractivity contribution in [2.45, 2.75) is 19.8 Å². The van der Waals surface area contributed by atoms with Gasteiger partial charge >= 0.3 is 5.97 Å². The lowest BCUT2D eigenvalue weighted by Crippen LogP contribution is -3.11. The Balaban J connectivity index is 1.88. The lowest BCUT2D eigenvalue weighted by molar-refractivity contribution is -0.878. The molecule has 0 unspecified atom stereocenters. The molecule has 26 heavy (non-hydrogen) atoms. The molecule has 2 aromatic rings. The second-order valence-corrected chi connectivity index (χ2v) is 7.52. The van der Waals surface area contributed by atoms with Crippen LogP contribution in [0.2, 0.25) is 5.02 Å². The fourth-order valence-corrected chi connectivity index (χ4v) is 4.39. The van der Waals surface area contributed by atoms with E-state index in [-0.39, 0.29) is 12.5 Å². The van der Waals surface area contributed by atoms with Gasteiger partial charge in [0.15, 0.2) is 6.54 Å². The maximum absolute atomic E-state index is 12.5. The average Bonchev–Trinajstić information content (AvgIpc) is 3.25. The summed E-state index contributed by atoms with van der Waals surface area (Å²) in [6.07, 6.45) is 2.32. The van der Waals surface area contributed by atoms with E-state index in [9.17, 15) is 9.59 Å². The molecule has 1 aliphatic heterocycles. The Morgan fingerprint density at radius 3 is 2.65 bits per heavy atom. The van der Waals surface area contributed by atoms with Gasteiger partial charge in [-0.15, -0.1) is 11.3 Å². The Morgan fingerprint density at radius 1 is 1.23 bits per heavy atom. The van der Waals surface area contributed by atoms with Gasteiger partial charge in [-0.25, -0.2) is 4.79 Å². The molecule has 5 nitrogen and oxygen atoms in total. The third-order valence-corrected chi connectivity index (χ3v) is 5.63. The van der Waals surface area contributed by atoms with E-state index in [0.29, 0.717) is 27.7 Å². The highest BCUT2D eigenvalue weighted by molar-refractivity contribution is 7.15.